The summed E-state index contributed by atoms with van der Waals surface area (Å²) in [6.45, 7) is -0.383. The maximum atomic E-state index is 11.7. The van der Waals surface area contributed by atoms with Crippen molar-refractivity contribution < 1.29 is 19.1 Å². The maximum absolute atomic E-state index is 11.7. The predicted octanol–water partition coefficient (Wildman–Crippen LogP) is 2.78. The highest BCUT2D eigenvalue weighted by atomic mass is 16.5. The number of nitrogens with one attached hydrogen (secondary N) is 1. The molecule has 0 aliphatic heterocycles. The SMILES string of the molecule is N#CCOc1ccc(/C=C/C(=O)OCC(=O)Nc2ccccc2)cc1. The molecule has 0 aromatic heterocycles. The monoisotopic (exact) mass is 336 g/mol. The summed E-state index contributed by atoms with van der Waals surface area (Å²) < 4.78 is 10.0. The minimum absolute atomic E-state index is 0.0213. The number of esters is 1. The Kier molecular flexibility index (Phi) is 6.77. The molecular formula is C19H16N2O4. The molecule has 0 heterocycles. The van der Waals surface area contributed by atoms with E-state index in [9.17, 15) is 9.59 Å². The van der Waals surface area contributed by atoms with Gasteiger partial charge in [-0.05, 0) is 35.9 Å². The quantitative estimate of drug-likeness (QED) is 0.620. The molecule has 0 fully saturated rings. The molecule has 6 heteroatoms. The van der Waals surface area contributed by atoms with Crippen LogP contribution in [0.4, 0.5) is 5.69 Å². The molecule has 2 aromatic carbocycles. The first-order valence-electron chi connectivity index (χ1n) is 7.47. The molecule has 2 aromatic rings. The van der Waals surface area contributed by atoms with Gasteiger partial charge in [-0.15, -0.1) is 0 Å². The van der Waals surface area contributed by atoms with Crippen LogP contribution in [0.3, 0.4) is 0 Å². The second kappa shape index (κ2) is 9.53. The first-order valence-corrected chi connectivity index (χ1v) is 7.47. The van der Waals surface area contributed by atoms with Crippen molar-refractivity contribution >= 4 is 23.6 Å². The number of rotatable bonds is 7. The third-order valence-electron chi connectivity index (χ3n) is 3.00. The Bertz CT molecular complexity index is 777. The van der Waals surface area contributed by atoms with E-state index in [0.29, 0.717) is 11.4 Å². The van der Waals surface area contributed by atoms with Crippen molar-refractivity contribution in [1.82, 2.24) is 0 Å². The van der Waals surface area contributed by atoms with Crippen LogP contribution in [0.5, 0.6) is 5.75 Å². The Balaban J connectivity index is 1.76. The van der Waals surface area contributed by atoms with E-state index in [1.165, 1.54) is 6.08 Å². The van der Waals surface area contributed by atoms with Gasteiger partial charge in [0.2, 0.25) is 0 Å². The summed E-state index contributed by atoms with van der Waals surface area (Å²) in [6, 6.07) is 17.6. The van der Waals surface area contributed by atoms with Crippen LogP contribution in [-0.4, -0.2) is 25.1 Å². The van der Waals surface area contributed by atoms with Crippen molar-refractivity contribution in [2.45, 2.75) is 0 Å². The van der Waals surface area contributed by atoms with E-state index in [1.54, 1.807) is 54.6 Å². The van der Waals surface area contributed by atoms with Crippen LogP contribution in [0.1, 0.15) is 5.56 Å². The Labute approximate surface area is 145 Å². The van der Waals surface area contributed by atoms with Crippen LogP contribution in [-0.2, 0) is 14.3 Å². The van der Waals surface area contributed by atoms with Gasteiger partial charge >= 0.3 is 5.97 Å². The van der Waals surface area contributed by atoms with E-state index in [4.69, 9.17) is 14.7 Å². The topological polar surface area (TPSA) is 88.4 Å². The van der Waals surface area contributed by atoms with Gasteiger partial charge < -0.3 is 14.8 Å². The Hall–Kier alpha value is -3.59. The highest BCUT2D eigenvalue weighted by Gasteiger charge is 2.05. The molecule has 0 spiro atoms. The normalized spacial score (nSPS) is 10.0. The molecule has 0 saturated carbocycles. The molecule has 0 bridgehead atoms. The minimum atomic E-state index is -0.618. The van der Waals surface area contributed by atoms with Gasteiger partial charge in [-0.2, -0.15) is 5.26 Å². The standard InChI is InChI=1S/C19H16N2O4/c20-12-13-24-17-9-6-15(7-10-17)8-11-19(23)25-14-18(22)21-16-4-2-1-3-5-16/h1-11H,13-14H2,(H,21,22)/b11-8+. The van der Waals surface area contributed by atoms with Gasteiger partial charge in [-0.3, -0.25) is 4.79 Å². The molecule has 2 rings (SSSR count). The van der Waals surface area contributed by atoms with E-state index >= 15 is 0 Å². The summed E-state index contributed by atoms with van der Waals surface area (Å²) >= 11 is 0. The summed E-state index contributed by atoms with van der Waals surface area (Å²) in [4.78, 5) is 23.3. The second-order valence-corrected chi connectivity index (χ2v) is 4.87. The van der Waals surface area contributed by atoms with Crippen LogP contribution >= 0.6 is 0 Å². The average Bonchev–Trinajstić information content (AvgIpc) is 2.64. The molecular weight excluding hydrogens is 320 g/mol. The second-order valence-electron chi connectivity index (χ2n) is 4.87. The fourth-order valence-electron chi connectivity index (χ4n) is 1.86. The van der Waals surface area contributed by atoms with Gasteiger partial charge in [-0.25, -0.2) is 4.79 Å². The van der Waals surface area contributed by atoms with Gasteiger partial charge in [0.25, 0.3) is 5.91 Å². The lowest BCUT2D eigenvalue weighted by Crippen LogP contribution is -2.20. The summed E-state index contributed by atoms with van der Waals surface area (Å²) in [6.07, 6.45) is 2.80. The number of para-hydroxylation sites is 1. The summed E-state index contributed by atoms with van der Waals surface area (Å²) in [5.41, 5.74) is 1.40. The first-order chi connectivity index (χ1) is 12.2. The molecule has 0 aliphatic carbocycles. The van der Waals surface area contributed by atoms with Gasteiger partial charge in [0, 0.05) is 11.8 Å². The lowest BCUT2D eigenvalue weighted by Gasteiger charge is -2.05. The Morgan fingerprint density at radius 1 is 1.08 bits per heavy atom. The number of nitrogens with zero attached hydrogens (tertiary/aromatic N) is 1. The zero-order valence-electron chi connectivity index (χ0n) is 13.3. The van der Waals surface area contributed by atoms with Crippen LogP contribution in [0, 0.1) is 11.3 Å². The average molecular weight is 336 g/mol. The molecule has 0 radical (unpaired) electrons. The fourth-order valence-corrected chi connectivity index (χ4v) is 1.86. The summed E-state index contributed by atoms with van der Waals surface area (Å²) in [5, 5.41) is 11.1. The van der Waals surface area contributed by atoms with E-state index in [0.717, 1.165) is 5.56 Å². The third kappa shape index (κ3) is 6.59. The highest BCUT2D eigenvalue weighted by Crippen LogP contribution is 2.13. The molecule has 0 saturated heterocycles. The molecule has 126 valence electrons. The van der Waals surface area contributed by atoms with E-state index in [-0.39, 0.29) is 13.2 Å². The molecule has 6 nitrogen and oxygen atoms in total. The molecule has 0 unspecified atom stereocenters. The highest BCUT2D eigenvalue weighted by molar-refractivity contribution is 5.94. The lowest BCUT2D eigenvalue weighted by atomic mass is 10.2. The smallest absolute Gasteiger partial charge is 0.331 e. The van der Waals surface area contributed by atoms with Crippen LogP contribution in [0.2, 0.25) is 0 Å². The van der Waals surface area contributed by atoms with Crippen molar-refractivity contribution in [3.63, 3.8) is 0 Å². The van der Waals surface area contributed by atoms with E-state index < -0.39 is 11.9 Å². The number of carbonyl (C=O) groups excluding carboxylic acids is 2. The first kappa shape index (κ1) is 17.8. The summed E-state index contributed by atoms with van der Waals surface area (Å²) in [7, 11) is 0. The maximum Gasteiger partial charge on any atom is 0.331 e. The lowest BCUT2D eigenvalue weighted by molar-refractivity contribution is -0.142. The number of carbonyl (C=O) groups is 2. The van der Waals surface area contributed by atoms with Crippen molar-refractivity contribution in [3.05, 3.63) is 66.2 Å². The molecule has 0 aliphatic rings. The zero-order valence-corrected chi connectivity index (χ0v) is 13.3. The minimum Gasteiger partial charge on any atom is -0.479 e. The number of anilines is 1. The van der Waals surface area contributed by atoms with Crippen molar-refractivity contribution in [2.24, 2.45) is 0 Å². The molecule has 1 N–H and O–H groups in total. The number of nitriles is 1. The number of hydrogen-bond acceptors (Lipinski definition) is 5. The van der Waals surface area contributed by atoms with Crippen LogP contribution in [0.25, 0.3) is 6.08 Å². The molecule has 0 atom stereocenters. The van der Waals surface area contributed by atoms with Gasteiger partial charge in [0.05, 0.1) is 0 Å². The predicted molar refractivity (Wildman–Crippen MR) is 92.6 cm³/mol. The number of hydrogen-bond donors (Lipinski definition) is 1. The van der Waals surface area contributed by atoms with E-state index in [1.807, 2.05) is 12.1 Å². The van der Waals surface area contributed by atoms with Crippen molar-refractivity contribution in [3.8, 4) is 11.8 Å². The Morgan fingerprint density at radius 2 is 1.80 bits per heavy atom. The third-order valence-corrected chi connectivity index (χ3v) is 3.00. The number of amides is 1. The summed E-state index contributed by atoms with van der Waals surface area (Å²) in [5.74, 6) is -0.459. The van der Waals surface area contributed by atoms with Gasteiger partial charge in [0.15, 0.2) is 13.2 Å². The largest absolute Gasteiger partial charge is 0.479 e. The van der Waals surface area contributed by atoms with Gasteiger partial charge in [0.1, 0.15) is 11.8 Å². The number of benzene rings is 2. The van der Waals surface area contributed by atoms with Crippen molar-refractivity contribution in [1.29, 1.82) is 5.26 Å². The van der Waals surface area contributed by atoms with Crippen molar-refractivity contribution in [2.75, 3.05) is 18.5 Å². The zero-order chi connectivity index (χ0) is 17.9. The van der Waals surface area contributed by atoms with Crippen LogP contribution < -0.4 is 10.1 Å². The number of ether oxygens (including phenoxy) is 2. The van der Waals surface area contributed by atoms with E-state index in [2.05, 4.69) is 5.32 Å². The molecule has 25 heavy (non-hydrogen) atoms. The molecule has 1 amide bonds. The fraction of sp³-hybridized carbons (Fsp3) is 0.105. The van der Waals surface area contributed by atoms with Crippen LogP contribution in [0.15, 0.2) is 60.7 Å². The van der Waals surface area contributed by atoms with Gasteiger partial charge in [-0.1, -0.05) is 30.3 Å². The Morgan fingerprint density at radius 3 is 2.48 bits per heavy atom.